The summed E-state index contributed by atoms with van der Waals surface area (Å²) in [6.45, 7) is 6.99. The van der Waals surface area contributed by atoms with Gasteiger partial charge < -0.3 is 15.4 Å². The molecule has 2 N–H and O–H groups in total. The van der Waals surface area contributed by atoms with E-state index in [9.17, 15) is 5.26 Å². The zero-order chi connectivity index (χ0) is 23.3. The molecule has 7 heteroatoms. The zero-order valence-electron chi connectivity index (χ0n) is 19.5. The predicted octanol–water partition coefficient (Wildman–Crippen LogP) is 4.66. The molecule has 1 aliphatic rings. The molecular formula is C25H32N6O. The summed E-state index contributed by atoms with van der Waals surface area (Å²) in [7, 11) is 3.85. The molecule has 32 heavy (non-hydrogen) atoms. The molecule has 0 saturated carbocycles. The van der Waals surface area contributed by atoms with E-state index >= 15 is 0 Å². The first-order chi connectivity index (χ1) is 15.3. The van der Waals surface area contributed by atoms with Crippen LogP contribution >= 0.6 is 0 Å². The molecule has 0 fully saturated rings. The minimum atomic E-state index is 0.308. The van der Waals surface area contributed by atoms with Crippen molar-refractivity contribution in [3.8, 4) is 17.7 Å². The van der Waals surface area contributed by atoms with E-state index in [1.807, 2.05) is 32.4 Å². The summed E-state index contributed by atoms with van der Waals surface area (Å²) in [4.78, 5) is 6.82. The number of hydrogen-bond donors (Lipinski definition) is 1. The Balaban J connectivity index is 2.00. The van der Waals surface area contributed by atoms with E-state index in [-0.39, 0.29) is 0 Å². The zero-order valence-corrected chi connectivity index (χ0v) is 19.5. The molecule has 0 saturated heterocycles. The number of hydrogen-bond acceptors (Lipinski definition) is 6. The highest BCUT2D eigenvalue weighted by atomic mass is 16.5. The van der Waals surface area contributed by atoms with Gasteiger partial charge in [-0.1, -0.05) is 19.1 Å². The predicted molar refractivity (Wildman–Crippen MR) is 130 cm³/mol. The molecule has 0 unspecified atom stereocenters. The lowest BCUT2D eigenvalue weighted by Crippen LogP contribution is -2.26. The van der Waals surface area contributed by atoms with Crippen LogP contribution in [0.25, 0.3) is 5.70 Å². The van der Waals surface area contributed by atoms with E-state index in [1.165, 1.54) is 0 Å². The van der Waals surface area contributed by atoms with Crippen molar-refractivity contribution >= 4 is 17.7 Å². The van der Waals surface area contributed by atoms with Crippen molar-refractivity contribution in [2.75, 3.05) is 18.5 Å². The average molecular weight is 433 g/mol. The molecule has 0 spiro atoms. The van der Waals surface area contributed by atoms with Gasteiger partial charge in [0.25, 0.3) is 0 Å². The third-order valence-electron chi connectivity index (χ3n) is 5.55. The fourth-order valence-electron chi connectivity index (χ4n) is 3.44. The largest absolute Gasteiger partial charge is 0.438 e. The smallest absolute Gasteiger partial charge is 0.219 e. The molecule has 0 amide bonds. The van der Waals surface area contributed by atoms with Gasteiger partial charge in [0.15, 0.2) is 5.82 Å². The summed E-state index contributed by atoms with van der Waals surface area (Å²) < 4.78 is 8.00. The standard InChI is InChI=1S/C25H32N6O/c1-17(2)30(4)24-14-25(31(5)29-24)32-23-13-19(15-27)7-8-21(23)22-9-6-18(3)12-20(10-11-26)16-28-22/h7-9,12-14,16-18H,6,10-11,26H2,1-5H3/b20-12+,22-9?,28-16?/t18-/m1/s1. The van der Waals surface area contributed by atoms with Crippen LogP contribution in [0.1, 0.15) is 44.7 Å². The summed E-state index contributed by atoms with van der Waals surface area (Å²) in [5.41, 5.74) is 9.07. The van der Waals surface area contributed by atoms with Crippen molar-refractivity contribution in [1.82, 2.24) is 9.78 Å². The first-order valence-electron chi connectivity index (χ1n) is 11.0. The number of aliphatic imine (C=N–C) groups is 1. The summed E-state index contributed by atoms with van der Waals surface area (Å²) >= 11 is 0. The number of nitriles is 1. The van der Waals surface area contributed by atoms with Gasteiger partial charge in [-0.15, -0.1) is 0 Å². The molecule has 2 aromatic rings. The molecule has 7 nitrogen and oxygen atoms in total. The molecule has 1 aliphatic heterocycles. The minimum Gasteiger partial charge on any atom is -0.438 e. The summed E-state index contributed by atoms with van der Waals surface area (Å²) in [5, 5.41) is 14.0. The van der Waals surface area contributed by atoms with Gasteiger partial charge in [0.05, 0.1) is 17.3 Å². The maximum absolute atomic E-state index is 9.44. The Bertz CT molecular complexity index is 1090. The number of rotatable bonds is 7. The Morgan fingerprint density at radius 3 is 2.81 bits per heavy atom. The van der Waals surface area contributed by atoms with Crippen LogP contribution in [-0.2, 0) is 7.05 Å². The highest BCUT2D eigenvalue weighted by Crippen LogP contribution is 2.34. The molecule has 0 radical (unpaired) electrons. The Morgan fingerprint density at radius 2 is 2.12 bits per heavy atom. The second-order valence-corrected chi connectivity index (χ2v) is 8.43. The number of allylic oxidation sites excluding steroid dienone is 2. The first kappa shape index (κ1) is 23.3. The monoisotopic (exact) mass is 432 g/mol. The second-order valence-electron chi connectivity index (χ2n) is 8.43. The van der Waals surface area contributed by atoms with E-state index in [4.69, 9.17) is 15.5 Å². The lowest BCUT2D eigenvalue weighted by atomic mass is 9.99. The maximum atomic E-state index is 9.44. The van der Waals surface area contributed by atoms with Crippen molar-refractivity contribution in [3.63, 3.8) is 0 Å². The van der Waals surface area contributed by atoms with Gasteiger partial charge in [-0.25, -0.2) is 4.68 Å². The Labute approximate surface area is 190 Å². The number of nitrogens with two attached hydrogens (primary N) is 1. The first-order valence-corrected chi connectivity index (χ1v) is 11.0. The quantitative estimate of drug-likeness (QED) is 0.687. The van der Waals surface area contributed by atoms with Crippen molar-refractivity contribution in [2.24, 2.45) is 23.7 Å². The van der Waals surface area contributed by atoms with Gasteiger partial charge >= 0.3 is 0 Å². The van der Waals surface area contributed by atoms with Crippen molar-refractivity contribution in [3.05, 3.63) is 53.1 Å². The second kappa shape index (κ2) is 10.3. The number of nitrogens with zero attached hydrogens (tertiary/aromatic N) is 5. The van der Waals surface area contributed by atoms with E-state index < -0.39 is 0 Å². The molecule has 0 aliphatic carbocycles. The SMILES string of the molecule is CC(C)N(C)c1cc(Oc2cc(C#N)ccc2C2=CC[C@@H](C)/C=C(\CCN)C=N2)n(C)n1. The van der Waals surface area contributed by atoms with Crippen molar-refractivity contribution in [2.45, 2.75) is 39.7 Å². The topological polar surface area (TPSA) is 92.5 Å². The van der Waals surface area contributed by atoms with E-state index in [1.54, 1.807) is 16.8 Å². The number of benzene rings is 1. The highest BCUT2D eigenvalue weighted by Gasteiger charge is 2.17. The molecule has 3 rings (SSSR count). The molecule has 1 aromatic heterocycles. The molecule has 0 bridgehead atoms. The van der Waals surface area contributed by atoms with Crippen LogP contribution in [0.5, 0.6) is 11.6 Å². The fourth-order valence-corrected chi connectivity index (χ4v) is 3.44. The Kier molecular flexibility index (Phi) is 7.49. The van der Waals surface area contributed by atoms with Gasteiger partial charge in [0, 0.05) is 38.0 Å². The van der Waals surface area contributed by atoms with Gasteiger partial charge in [0.1, 0.15) is 5.75 Å². The molecular weight excluding hydrogens is 400 g/mol. The van der Waals surface area contributed by atoms with Gasteiger partial charge in [-0.3, -0.25) is 4.99 Å². The number of aromatic nitrogens is 2. The normalized spacial score (nSPS) is 17.8. The summed E-state index contributed by atoms with van der Waals surface area (Å²) in [5.74, 6) is 2.37. The van der Waals surface area contributed by atoms with Crippen LogP contribution in [0, 0.1) is 17.2 Å². The molecule has 1 atom stereocenters. The molecule has 168 valence electrons. The highest BCUT2D eigenvalue weighted by molar-refractivity contribution is 5.86. The van der Waals surface area contributed by atoms with Crippen LogP contribution in [0.15, 0.2) is 47.0 Å². The average Bonchev–Trinajstić information content (AvgIpc) is 3.12. The lowest BCUT2D eigenvalue weighted by Gasteiger charge is -2.20. The van der Waals surface area contributed by atoms with Crippen molar-refractivity contribution < 1.29 is 4.74 Å². The van der Waals surface area contributed by atoms with Crippen LogP contribution in [0.2, 0.25) is 0 Å². The van der Waals surface area contributed by atoms with E-state index in [2.05, 4.69) is 49.0 Å². The fraction of sp³-hybridized carbons (Fsp3) is 0.400. The van der Waals surface area contributed by atoms with E-state index in [0.29, 0.717) is 35.7 Å². The maximum Gasteiger partial charge on any atom is 0.219 e. The number of anilines is 1. The number of aryl methyl sites for hydroxylation is 1. The van der Waals surface area contributed by atoms with Gasteiger partial charge in [-0.2, -0.15) is 10.4 Å². The van der Waals surface area contributed by atoms with Crippen LogP contribution < -0.4 is 15.4 Å². The number of ether oxygens (including phenoxy) is 1. The summed E-state index contributed by atoms with van der Waals surface area (Å²) in [6, 6.07) is 9.85. The van der Waals surface area contributed by atoms with Crippen LogP contribution in [0.4, 0.5) is 5.82 Å². The van der Waals surface area contributed by atoms with E-state index in [0.717, 1.165) is 35.5 Å². The third kappa shape index (κ3) is 5.45. The van der Waals surface area contributed by atoms with Gasteiger partial charge in [-0.05, 0) is 62.9 Å². The molecule has 1 aromatic carbocycles. The summed E-state index contributed by atoms with van der Waals surface area (Å²) in [6.07, 6.45) is 7.87. The minimum absolute atomic E-state index is 0.308. The lowest BCUT2D eigenvalue weighted by molar-refractivity contribution is 0.429. The third-order valence-corrected chi connectivity index (χ3v) is 5.55. The van der Waals surface area contributed by atoms with Gasteiger partial charge in [0.2, 0.25) is 5.88 Å². The molecule has 2 heterocycles. The van der Waals surface area contributed by atoms with Crippen LogP contribution in [0.3, 0.4) is 0 Å². The Hall–Kier alpha value is -3.37. The van der Waals surface area contributed by atoms with Crippen molar-refractivity contribution in [1.29, 1.82) is 5.26 Å². The Morgan fingerprint density at radius 1 is 1.34 bits per heavy atom. The van der Waals surface area contributed by atoms with Crippen LogP contribution in [-0.4, -0.2) is 35.6 Å².